The number of hydrogen-bond acceptors (Lipinski definition) is 23. The Bertz CT molecular complexity index is 7030. The number of halogens is 4. The number of pyridine rings is 2. The summed E-state index contributed by atoms with van der Waals surface area (Å²) in [6, 6.07) is 73.4. The van der Waals surface area contributed by atoms with Crippen molar-refractivity contribution in [1.82, 2.24) is 49.5 Å². The normalized spacial score (nSPS) is 15.7. The maximum atomic E-state index is 12.5. The van der Waals surface area contributed by atoms with Crippen molar-refractivity contribution in [2.75, 3.05) is 80.3 Å². The van der Waals surface area contributed by atoms with Gasteiger partial charge in [0, 0.05) is 140 Å². The molecule has 12 heterocycles. The van der Waals surface area contributed by atoms with Gasteiger partial charge in [0.25, 0.3) is 11.8 Å². The number of likely N-dealkylation sites (N-methyl/N-ethyl adjacent to an activating group) is 2. The molecule has 1 unspecified atom stereocenters. The largest absolute Gasteiger partial charge is 0.494 e. The number of carbonyl (C=O) groups is 2. The van der Waals surface area contributed by atoms with E-state index in [9.17, 15) is 30.0 Å². The second-order valence-corrected chi connectivity index (χ2v) is 37.0. The van der Waals surface area contributed by atoms with Crippen molar-refractivity contribution >= 4 is 188 Å². The molecule has 8 N–H and O–H groups in total. The predicted molar refractivity (Wildman–Crippen MR) is 543 cm³/mol. The second-order valence-electron chi connectivity index (χ2n) is 33.3. The van der Waals surface area contributed by atoms with Crippen LogP contribution in [0.3, 0.4) is 0 Å². The number of hydrogen-bond donors (Lipinski definition) is 8. The van der Waals surface area contributed by atoms with Gasteiger partial charge in [-0.15, -0.1) is 0 Å². The van der Waals surface area contributed by atoms with Gasteiger partial charge in [-0.25, -0.2) is 20.0 Å². The van der Waals surface area contributed by atoms with Crippen LogP contribution in [0.4, 0.5) is 22.7 Å². The van der Waals surface area contributed by atoms with Gasteiger partial charge >= 0.3 is 0 Å². The number of carbonyl (C=O) groups excluding carboxylic acids is 2. The van der Waals surface area contributed by atoms with E-state index in [1.54, 1.807) is 30.5 Å². The van der Waals surface area contributed by atoms with Gasteiger partial charge in [0.15, 0.2) is 23.5 Å². The first kappa shape index (κ1) is 91.6. The molecule has 6 aliphatic rings. The van der Waals surface area contributed by atoms with Crippen molar-refractivity contribution in [3.05, 3.63) is 328 Å². The van der Waals surface area contributed by atoms with Crippen molar-refractivity contribution in [3.8, 4) is 23.5 Å². The Morgan fingerprint density at radius 1 is 0.422 bits per heavy atom. The summed E-state index contributed by atoms with van der Waals surface area (Å²) in [5, 5.41) is 64.1. The minimum atomic E-state index is -0.290. The summed E-state index contributed by atoms with van der Waals surface area (Å²) >= 11 is 14.1. The third-order valence-electron chi connectivity index (χ3n) is 24.0. The standard InChI is InChI=1S/C27H19BrN4O4.C26H23BrN4O2.C25H28BrN5O2.C25H22BrN5O2/c28-15-10-11-21-19(14-15)22(25(33)30-21)24-23(18-8-3-4-9-20(18)29-24)31-36-13-5-12-32-26(34)16-6-1-2-7-17(16)27(32)35;1-16(14-18-6-4-5-12-28-18)11-13-33-31-24-19-7-2-3-8-21(19)29-25(24)23-20-15-17(27)9-10-22(20)30-26(23)32;1-30-11-9-17(10-12-30)31(2)13-14-33-29-23-18-5-3-4-6-20(18)27-24(23)22-19-15-16(26)7-8-21(19)28-25(22)32;1-31(15-17-6-4-5-11-27-17)12-13-33-30-23-18-7-2-3-8-20(18)28-24(23)22-19-14-16(26)9-10-21(19)29-25(22)32/h1-4,6-11,14,30,33H,5,12-13H2;2-10,12,15-16,30,32H,11,13-14H2,1H3;3-8,15,17,28,32H,9-14H2,1-2H3;2-11,14,29,32H,12-13,15H2,1H3/b31-23+;31-24+;29-23+;30-23+. The van der Waals surface area contributed by atoms with E-state index in [1.165, 1.54) is 17.7 Å². The average molecular weight is 2060 g/mol. The molecule has 1 saturated heterocycles. The summed E-state index contributed by atoms with van der Waals surface area (Å²) in [6.07, 6.45) is 8.15. The number of oxime groups is 4. The van der Waals surface area contributed by atoms with Crippen LogP contribution in [0.2, 0.25) is 0 Å². The van der Waals surface area contributed by atoms with E-state index in [0.29, 0.717) is 124 Å². The third-order valence-corrected chi connectivity index (χ3v) is 26.0. The van der Waals surface area contributed by atoms with Gasteiger partial charge in [0.2, 0.25) is 0 Å². The molecule has 28 nitrogen and oxygen atoms in total. The van der Waals surface area contributed by atoms with Crippen LogP contribution in [-0.4, -0.2) is 214 Å². The number of likely N-dealkylation sites (tertiary alicyclic amines) is 1. The Kier molecular flexibility index (Phi) is 28.0. The molecule has 0 radical (unpaired) electrons. The highest BCUT2D eigenvalue weighted by molar-refractivity contribution is 9.11. The van der Waals surface area contributed by atoms with Crippen LogP contribution in [0.15, 0.2) is 301 Å². The molecular formula is C103H92Br4N18O10. The molecule has 135 heavy (non-hydrogen) atoms. The molecule has 21 rings (SSSR count). The van der Waals surface area contributed by atoms with Gasteiger partial charge in [0.05, 0.1) is 61.8 Å². The Morgan fingerprint density at radius 2 is 0.756 bits per heavy atom. The van der Waals surface area contributed by atoms with Crippen LogP contribution in [0.5, 0.6) is 23.5 Å². The van der Waals surface area contributed by atoms with E-state index in [-0.39, 0.29) is 48.5 Å². The quantitative estimate of drug-likeness (QED) is 0.0142. The minimum Gasteiger partial charge on any atom is -0.494 e. The molecule has 32 heteroatoms. The summed E-state index contributed by atoms with van der Waals surface area (Å²) < 4.78 is 3.63. The molecule has 6 aromatic heterocycles. The fraction of sp³-hybridized carbons (Fsp3) is 0.204. The number of aromatic hydroxyl groups is 4. The molecule has 1 fully saturated rings. The monoisotopic (exact) mass is 2060 g/mol. The van der Waals surface area contributed by atoms with Gasteiger partial charge in [-0.2, -0.15) is 0 Å². The Morgan fingerprint density at radius 3 is 1.13 bits per heavy atom. The highest BCUT2D eigenvalue weighted by Crippen LogP contribution is 2.43. The summed E-state index contributed by atoms with van der Waals surface area (Å²) in [6.45, 7) is 8.50. The van der Waals surface area contributed by atoms with Crippen LogP contribution >= 0.6 is 63.7 Å². The van der Waals surface area contributed by atoms with E-state index in [1.807, 2.05) is 220 Å². The minimum absolute atomic E-state index is 0.00650. The number of piperidine rings is 1. The lowest BCUT2D eigenvalue weighted by atomic mass is 10.0. The fourth-order valence-corrected chi connectivity index (χ4v) is 18.6. The molecular weight excluding hydrogens is 1970 g/mol. The van der Waals surface area contributed by atoms with E-state index >= 15 is 0 Å². The molecule has 9 aromatic carbocycles. The number of aliphatic imine (C=N–C) groups is 4. The van der Waals surface area contributed by atoms with Gasteiger partial charge in [0.1, 0.15) is 72.1 Å². The zero-order valence-electron chi connectivity index (χ0n) is 73.9. The van der Waals surface area contributed by atoms with E-state index in [2.05, 4.69) is 150 Å². The number of rotatable bonds is 26. The smallest absolute Gasteiger partial charge is 0.261 e. The zero-order valence-corrected chi connectivity index (χ0v) is 80.2. The van der Waals surface area contributed by atoms with Gasteiger partial charge in [-0.05, 0) is 199 Å². The topological polar surface area (TPSA) is 353 Å². The van der Waals surface area contributed by atoms with Gasteiger partial charge in [-0.1, -0.05) is 188 Å². The number of aromatic nitrogens is 6. The molecule has 0 aliphatic carbocycles. The number of H-pyrrole nitrogens is 4. The first-order chi connectivity index (χ1) is 65.7. The maximum absolute atomic E-state index is 12.5. The van der Waals surface area contributed by atoms with Gasteiger partial charge < -0.3 is 64.6 Å². The van der Waals surface area contributed by atoms with E-state index in [0.717, 1.165) is 157 Å². The number of nitrogens with zero attached hydrogens (tertiary/aromatic N) is 14. The van der Waals surface area contributed by atoms with Crippen molar-refractivity contribution < 1.29 is 49.4 Å². The van der Waals surface area contributed by atoms with Crippen LogP contribution in [0.25, 0.3) is 43.6 Å². The predicted octanol–water partition coefficient (Wildman–Crippen LogP) is 20.9. The van der Waals surface area contributed by atoms with Crippen LogP contribution in [-0.2, 0) is 32.3 Å². The Hall–Kier alpha value is -13.9. The summed E-state index contributed by atoms with van der Waals surface area (Å²) in [7, 11) is 6.36. The van der Waals surface area contributed by atoms with Crippen molar-refractivity contribution in [3.63, 3.8) is 0 Å². The SMILES string of the molecule is CC(CCO/N=C1/C(c2c(O)[nH]c3ccc(Br)cc23)=Nc2ccccc21)Cc1ccccn1.CN(CCO/N=C1/C(c2c(O)[nH]c3ccc(Br)cc23)=Nc2ccccc21)Cc1ccccn1.CN1CCC(N(C)CCO/N=C2/C(c3c(O)[nH]c4ccc(Br)cc34)=Nc3ccccc32)CC1.O=C1c2ccccc2C(=O)N1CCCO/N=C1/C(c2c(O)[nH]c3ccc(Br)cc23)=Nc2ccccc21. The summed E-state index contributed by atoms with van der Waals surface area (Å²) in [5.74, 6) is 0.0179. The Labute approximate surface area is 810 Å². The zero-order chi connectivity index (χ0) is 93.3. The molecule has 1 atom stereocenters. The fourth-order valence-electron chi connectivity index (χ4n) is 17.2. The van der Waals surface area contributed by atoms with Crippen molar-refractivity contribution in [1.29, 1.82) is 0 Å². The van der Waals surface area contributed by atoms with Crippen molar-refractivity contribution in [2.24, 2.45) is 46.5 Å². The summed E-state index contributed by atoms with van der Waals surface area (Å²) in [5.41, 5.74) is 19.9. The molecule has 0 saturated carbocycles. The van der Waals surface area contributed by atoms with Crippen molar-refractivity contribution in [2.45, 2.75) is 51.6 Å². The highest BCUT2D eigenvalue weighted by atomic mass is 79.9. The molecule has 0 spiro atoms. The van der Waals surface area contributed by atoms with E-state index < -0.39 is 0 Å². The van der Waals surface area contributed by atoms with E-state index in [4.69, 9.17) is 39.3 Å². The number of nitrogens with one attached hydrogen (secondary N) is 4. The van der Waals surface area contributed by atoms with Crippen LogP contribution in [0, 0.1) is 5.92 Å². The lowest BCUT2D eigenvalue weighted by Gasteiger charge is -2.34. The number of imide groups is 1. The highest BCUT2D eigenvalue weighted by Gasteiger charge is 2.37. The van der Waals surface area contributed by atoms with Gasteiger partial charge in [-0.3, -0.25) is 34.3 Å². The summed E-state index contributed by atoms with van der Waals surface area (Å²) in [4.78, 5) is 96.1. The molecule has 15 aromatic rings. The number of para-hydroxylation sites is 4. The molecule has 682 valence electrons. The molecule has 6 aliphatic heterocycles. The third kappa shape index (κ3) is 20.2. The Balaban J connectivity index is 0.000000120. The second kappa shape index (κ2) is 41.3. The maximum Gasteiger partial charge on any atom is 0.261 e. The number of aromatic amines is 4. The average Bonchev–Trinajstić information content (AvgIpc) is 1.61. The lowest BCUT2D eigenvalue weighted by molar-refractivity contribution is 0.0628. The molecule has 2 amide bonds. The number of amides is 2. The van der Waals surface area contributed by atoms with Crippen LogP contribution in [0.1, 0.15) is 109 Å². The lowest BCUT2D eigenvalue weighted by Crippen LogP contribution is -2.42. The number of fused-ring (bicyclic) bond motifs is 9. The first-order valence-corrected chi connectivity index (χ1v) is 47.3. The van der Waals surface area contributed by atoms with Crippen LogP contribution < -0.4 is 0 Å². The number of benzene rings is 9. The molecule has 0 bridgehead atoms. The first-order valence-electron chi connectivity index (χ1n) is 44.1.